The first-order valence-corrected chi connectivity index (χ1v) is 8.45. The molecule has 0 aliphatic carbocycles. The lowest BCUT2D eigenvalue weighted by Crippen LogP contribution is -2.46. The fourth-order valence-electron chi connectivity index (χ4n) is 3.10. The lowest BCUT2D eigenvalue weighted by atomic mass is 9.97. The molecule has 1 saturated heterocycles. The van der Waals surface area contributed by atoms with Crippen molar-refractivity contribution in [2.24, 2.45) is 0 Å². The summed E-state index contributed by atoms with van der Waals surface area (Å²) < 4.78 is 13.0. The Morgan fingerprint density at radius 1 is 1.28 bits per heavy atom. The number of carbonyl (C=O) groups excluding carboxylic acids is 1. The van der Waals surface area contributed by atoms with Crippen molar-refractivity contribution in [2.45, 2.75) is 32.4 Å². The van der Waals surface area contributed by atoms with Crippen LogP contribution in [0.1, 0.15) is 35.2 Å². The van der Waals surface area contributed by atoms with E-state index in [1.807, 2.05) is 32.0 Å². The van der Waals surface area contributed by atoms with Crippen LogP contribution >= 0.6 is 0 Å². The number of carbonyl (C=O) groups is 1. The predicted molar refractivity (Wildman–Crippen MR) is 93.3 cm³/mol. The van der Waals surface area contributed by atoms with Crippen LogP contribution in [0.4, 0.5) is 4.39 Å². The smallest absolute Gasteiger partial charge is 0.227 e. The molecule has 1 aliphatic rings. The van der Waals surface area contributed by atoms with E-state index in [0.29, 0.717) is 0 Å². The zero-order valence-electron chi connectivity index (χ0n) is 14.9. The Morgan fingerprint density at radius 2 is 2.00 bits per heavy atom. The molecule has 2 aromatic rings. The van der Waals surface area contributed by atoms with Gasteiger partial charge in [-0.15, -0.1) is 0 Å². The third kappa shape index (κ3) is 4.20. The molecular formula is C19H23FN4O. The van der Waals surface area contributed by atoms with Crippen molar-refractivity contribution in [2.75, 3.05) is 20.6 Å². The van der Waals surface area contributed by atoms with Gasteiger partial charge in [0.15, 0.2) is 0 Å². The van der Waals surface area contributed by atoms with E-state index in [1.165, 1.54) is 12.1 Å². The number of hydrogen-bond acceptors (Lipinski definition) is 4. The maximum Gasteiger partial charge on any atom is 0.227 e. The molecular weight excluding hydrogens is 319 g/mol. The second-order valence-corrected chi connectivity index (χ2v) is 6.76. The summed E-state index contributed by atoms with van der Waals surface area (Å²) in [6, 6.07) is 8.10. The summed E-state index contributed by atoms with van der Waals surface area (Å²) in [4.78, 5) is 25.5. The molecule has 1 aliphatic heterocycles. The van der Waals surface area contributed by atoms with Crippen LogP contribution in [-0.2, 0) is 17.8 Å². The molecule has 6 heteroatoms. The van der Waals surface area contributed by atoms with E-state index in [0.717, 1.165) is 42.3 Å². The van der Waals surface area contributed by atoms with Gasteiger partial charge in [0.2, 0.25) is 5.91 Å². The van der Waals surface area contributed by atoms with Gasteiger partial charge >= 0.3 is 0 Å². The molecule has 25 heavy (non-hydrogen) atoms. The van der Waals surface area contributed by atoms with Crippen molar-refractivity contribution in [3.8, 4) is 0 Å². The second kappa shape index (κ2) is 7.27. The molecule has 3 rings (SSSR count). The molecule has 1 aromatic carbocycles. The largest absolute Gasteiger partial charge is 0.334 e. The van der Waals surface area contributed by atoms with Crippen molar-refractivity contribution in [1.29, 1.82) is 0 Å². The van der Waals surface area contributed by atoms with Gasteiger partial charge in [-0.2, -0.15) is 0 Å². The molecule has 0 radical (unpaired) electrons. The van der Waals surface area contributed by atoms with Crippen LogP contribution < -0.4 is 0 Å². The third-order valence-corrected chi connectivity index (χ3v) is 4.34. The zero-order valence-corrected chi connectivity index (χ0v) is 14.9. The number of halogens is 1. The zero-order chi connectivity index (χ0) is 18.0. The highest BCUT2D eigenvalue weighted by molar-refractivity contribution is 5.80. The minimum absolute atomic E-state index is 0.00978. The number of hydrogen-bond donors (Lipinski definition) is 0. The van der Waals surface area contributed by atoms with E-state index in [4.69, 9.17) is 0 Å². The number of aromatic nitrogens is 2. The monoisotopic (exact) mass is 342 g/mol. The van der Waals surface area contributed by atoms with Crippen LogP contribution in [0.25, 0.3) is 0 Å². The molecule has 1 atom stereocenters. The molecule has 132 valence electrons. The molecule has 1 aromatic heterocycles. The number of nitrogens with zero attached hydrogens (tertiary/aromatic N) is 4. The highest BCUT2D eigenvalue weighted by Crippen LogP contribution is 2.33. The van der Waals surface area contributed by atoms with Gasteiger partial charge in [-0.05, 0) is 51.2 Å². The summed E-state index contributed by atoms with van der Waals surface area (Å²) in [5, 5.41) is 0. The van der Waals surface area contributed by atoms with E-state index in [-0.39, 0.29) is 24.2 Å². The summed E-state index contributed by atoms with van der Waals surface area (Å²) in [5.74, 6) is 0.489. The molecule has 0 N–H and O–H groups in total. The van der Waals surface area contributed by atoms with Crippen molar-refractivity contribution < 1.29 is 9.18 Å². The van der Waals surface area contributed by atoms with Crippen molar-refractivity contribution in [3.05, 3.63) is 58.9 Å². The first-order chi connectivity index (χ1) is 11.9. The quantitative estimate of drug-likeness (QED) is 0.838. The van der Waals surface area contributed by atoms with Gasteiger partial charge in [0.1, 0.15) is 11.6 Å². The molecule has 0 bridgehead atoms. The summed E-state index contributed by atoms with van der Waals surface area (Å²) in [6.07, 6.45) is 1.19. The molecule has 0 saturated carbocycles. The summed E-state index contributed by atoms with van der Waals surface area (Å²) in [5.41, 5.74) is 2.69. The Labute approximate surface area is 147 Å². The van der Waals surface area contributed by atoms with Gasteiger partial charge in [-0.25, -0.2) is 14.4 Å². The van der Waals surface area contributed by atoms with E-state index >= 15 is 0 Å². The molecule has 5 nitrogen and oxygen atoms in total. The summed E-state index contributed by atoms with van der Waals surface area (Å²) >= 11 is 0. The summed E-state index contributed by atoms with van der Waals surface area (Å²) in [6.45, 7) is 3.36. The fourth-order valence-corrected chi connectivity index (χ4v) is 3.10. The van der Waals surface area contributed by atoms with Crippen molar-refractivity contribution >= 4 is 5.91 Å². The van der Waals surface area contributed by atoms with Gasteiger partial charge in [0, 0.05) is 13.1 Å². The third-order valence-electron chi connectivity index (χ3n) is 4.34. The number of benzene rings is 1. The van der Waals surface area contributed by atoms with Gasteiger partial charge in [0.05, 0.1) is 23.9 Å². The van der Waals surface area contributed by atoms with Gasteiger partial charge in [-0.3, -0.25) is 4.79 Å². The van der Waals surface area contributed by atoms with Crippen molar-refractivity contribution in [3.63, 3.8) is 0 Å². The fraction of sp³-hybridized carbons (Fsp3) is 0.421. The minimum Gasteiger partial charge on any atom is -0.334 e. The van der Waals surface area contributed by atoms with Crippen LogP contribution in [0.5, 0.6) is 0 Å². The van der Waals surface area contributed by atoms with Gasteiger partial charge in [0.25, 0.3) is 0 Å². The Bertz CT molecular complexity index is 761. The van der Waals surface area contributed by atoms with Gasteiger partial charge < -0.3 is 9.80 Å². The highest BCUT2D eigenvalue weighted by Gasteiger charge is 2.34. The van der Waals surface area contributed by atoms with Crippen LogP contribution in [0.3, 0.4) is 0 Å². The maximum atomic E-state index is 13.0. The number of likely N-dealkylation sites (tertiary alicyclic amines) is 1. The van der Waals surface area contributed by atoms with Crippen molar-refractivity contribution in [1.82, 2.24) is 19.8 Å². The topological polar surface area (TPSA) is 49.3 Å². The van der Waals surface area contributed by atoms with E-state index in [1.54, 1.807) is 12.1 Å². The first kappa shape index (κ1) is 17.5. The molecule has 0 spiro atoms. The second-order valence-electron chi connectivity index (χ2n) is 6.76. The lowest BCUT2D eigenvalue weighted by Gasteiger charge is -2.41. The predicted octanol–water partition coefficient (Wildman–Crippen LogP) is 2.50. The lowest BCUT2D eigenvalue weighted by molar-refractivity contribution is -0.138. The van der Waals surface area contributed by atoms with E-state index in [9.17, 15) is 9.18 Å². The van der Waals surface area contributed by atoms with Crippen LogP contribution in [0, 0.1) is 12.7 Å². The van der Waals surface area contributed by atoms with E-state index < -0.39 is 0 Å². The average Bonchev–Trinajstić information content (AvgIpc) is 2.47. The number of rotatable bonds is 5. The molecule has 1 amide bonds. The summed E-state index contributed by atoms with van der Waals surface area (Å²) in [7, 11) is 4.00. The Morgan fingerprint density at radius 3 is 2.60 bits per heavy atom. The molecule has 1 fully saturated rings. The normalized spacial score (nSPS) is 16.8. The Hall–Kier alpha value is -2.34. The van der Waals surface area contributed by atoms with Crippen LogP contribution in [-0.4, -0.2) is 46.3 Å². The Kier molecular flexibility index (Phi) is 5.08. The van der Waals surface area contributed by atoms with Crippen LogP contribution in [0.15, 0.2) is 30.3 Å². The molecule has 2 heterocycles. The van der Waals surface area contributed by atoms with Gasteiger partial charge in [-0.1, -0.05) is 12.1 Å². The minimum atomic E-state index is -0.289. The SMILES string of the molecule is Cc1nc(CN(C)C)cc([C@H]2CCN2C(=O)Cc2ccc(F)cc2)n1. The molecule has 0 unspecified atom stereocenters. The Balaban J connectivity index is 1.72. The first-order valence-electron chi connectivity index (χ1n) is 8.45. The van der Waals surface area contributed by atoms with E-state index in [2.05, 4.69) is 14.9 Å². The number of amides is 1. The average molecular weight is 342 g/mol. The maximum absolute atomic E-state index is 13.0. The number of aryl methyl sites for hydroxylation is 1. The highest BCUT2D eigenvalue weighted by atomic mass is 19.1. The van der Waals surface area contributed by atoms with Crippen LogP contribution in [0.2, 0.25) is 0 Å². The standard InChI is InChI=1S/C19H23FN4O/c1-13-21-16(12-23(2)3)11-17(22-13)18-8-9-24(18)19(25)10-14-4-6-15(20)7-5-14/h4-7,11,18H,8-10,12H2,1-3H3/t18-/m1/s1.